The van der Waals surface area contributed by atoms with Crippen molar-refractivity contribution in [1.82, 2.24) is 25.7 Å². The summed E-state index contributed by atoms with van der Waals surface area (Å²) in [6.45, 7) is 4.16. The van der Waals surface area contributed by atoms with Gasteiger partial charge in [0.2, 0.25) is 5.91 Å². The van der Waals surface area contributed by atoms with Gasteiger partial charge in [0.1, 0.15) is 17.9 Å². The second kappa shape index (κ2) is 10.3. The summed E-state index contributed by atoms with van der Waals surface area (Å²) in [7, 11) is 0. The molecular formula is C25H29N5O4S. The number of nitrogens with zero attached hydrogens (tertiary/aromatic N) is 3. The predicted octanol–water partition coefficient (Wildman–Crippen LogP) is 2.47. The zero-order chi connectivity index (χ0) is 24.4. The molecule has 5 rings (SSSR count). The molecule has 2 saturated heterocycles. The van der Waals surface area contributed by atoms with Crippen molar-refractivity contribution in [1.29, 1.82) is 0 Å². The molecule has 9 nitrogen and oxygen atoms in total. The maximum atomic E-state index is 13.4. The number of carbonyl (C=O) groups is 2. The SMILES string of the molecule is Cc1ncsc1-c1ccc(CNC(=O)[C@@H]2C[C@@H](O)CN2C(=O)c2conc2C2CCNCC2)cc1. The summed E-state index contributed by atoms with van der Waals surface area (Å²) in [6, 6.07) is 7.25. The Bertz CT molecular complexity index is 1180. The predicted molar refractivity (Wildman–Crippen MR) is 131 cm³/mol. The van der Waals surface area contributed by atoms with Gasteiger partial charge in [0.25, 0.3) is 5.91 Å². The molecule has 2 fully saturated rings. The standard InChI is InChI=1S/C25H29N5O4S/c1-15-23(35-14-28-15)18-4-2-16(3-5-18)11-27-24(32)21-10-19(31)12-30(21)25(33)20-13-34-29-22(20)17-6-8-26-9-7-17/h2-5,13-14,17,19,21,26,31H,6-12H2,1H3,(H,27,32)/t19-,21+/m1/s1. The maximum Gasteiger partial charge on any atom is 0.259 e. The summed E-state index contributed by atoms with van der Waals surface area (Å²) < 4.78 is 5.17. The van der Waals surface area contributed by atoms with Crippen LogP contribution in [0.2, 0.25) is 0 Å². The minimum absolute atomic E-state index is 0.108. The van der Waals surface area contributed by atoms with E-state index in [4.69, 9.17) is 4.52 Å². The average Bonchev–Trinajstić information content (AvgIpc) is 3.63. The first kappa shape index (κ1) is 23.7. The van der Waals surface area contributed by atoms with E-state index < -0.39 is 12.1 Å². The van der Waals surface area contributed by atoms with Crippen molar-refractivity contribution in [2.24, 2.45) is 0 Å². The van der Waals surface area contributed by atoms with E-state index in [0.29, 0.717) is 17.8 Å². The van der Waals surface area contributed by atoms with Gasteiger partial charge in [-0.2, -0.15) is 0 Å². The van der Waals surface area contributed by atoms with E-state index in [0.717, 1.165) is 47.6 Å². The first-order valence-electron chi connectivity index (χ1n) is 11.9. The molecule has 0 unspecified atom stereocenters. The molecule has 2 aliphatic heterocycles. The highest BCUT2D eigenvalue weighted by atomic mass is 32.1. The molecule has 0 aliphatic carbocycles. The Hall–Kier alpha value is -3.08. The van der Waals surface area contributed by atoms with Crippen molar-refractivity contribution in [3.05, 3.63) is 58.6 Å². The van der Waals surface area contributed by atoms with E-state index in [2.05, 4.69) is 20.8 Å². The number of thiazole rings is 1. The Morgan fingerprint density at radius 2 is 2.03 bits per heavy atom. The highest BCUT2D eigenvalue weighted by Gasteiger charge is 2.41. The molecule has 2 aliphatic rings. The second-order valence-corrected chi connectivity index (χ2v) is 10.0. The van der Waals surface area contributed by atoms with Gasteiger partial charge in [-0.3, -0.25) is 9.59 Å². The lowest BCUT2D eigenvalue weighted by Gasteiger charge is -2.25. The summed E-state index contributed by atoms with van der Waals surface area (Å²) in [4.78, 5) is 33.3. The van der Waals surface area contributed by atoms with Crippen molar-refractivity contribution in [2.45, 2.75) is 50.8 Å². The van der Waals surface area contributed by atoms with E-state index in [1.54, 1.807) is 11.3 Å². The first-order chi connectivity index (χ1) is 17.0. The van der Waals surface area contributed by atoms with E-state index in [1.165, 1.54) is 11.2 Å². The van der Waals surface area contributed by atoms with Crippen molar-refractivity contribution in [3.63, 3.8) is 0 Å². The Morgan fingerprint density at radius 3 is 2.74 bits per heavy atom. The fourth-order valence-electron chi connectivity index (χ4n) is 4.90. The summed E-state index contributed by atoms with van der Waals surface area (Å²) in [5, 5.41) is 20.6. The van der Waals surface area contributed by atoms with Gasteiger partial charge in [-0.25, -0.2) is 4.98 Å². The number of aliphatic hydroxyl groups is 1. The van der Waals surface area contributed by atoms with Crippen molar-refractivity contribution < 1.29 is 19.2 Å². The molecule has 10 heteroatoms. The molecule has 2 amide bonds. The molecule has 2 atom stereocenters. The number of benzene rings is 1. The highest BCUT2D eigenvalue weighted by Crippen LogP contribution is 2.30. The number of likely N-dealkylation sites (tertiary alicyclic amines) is 1. The summed E-state index contributed by atoms with van der Waals surface area (Å²) in [5.74, 6) is -0.455. The number of rotatable bonds is 6. The van der Waals surface area contributed by atoms with Crippen LogP contribution in [0.5, 0.6) is 0 Å². The van der Waals surface area contributed by atoms with Crippen LogP contribution >= 0.6 is 11.3 Å². The lowest BCUT2D eigenvalue weighted by molar-refractivity contribution is -0.125. The molecule has 2 aromatic heterocycles. The van der Waals surface area contributed by atoms with Crippen molar-refractivity contribution >= 4 is 23.2 Å². The summed E-state index contributed by atoms with van der Waals surface area (Å²) >= 11 is 1.60. The number of aromatic nitrogens is 2. The molecule has 0 spiro atoms. The Morgan fingerprint density at radius 1 is 1.26 bits per heavy atom. The molecule has 184 valence electrons. The maximum absolute atomic E-state index is 13.4. The Kier molecular flexibility index (Phi) is 6.94. The topological polar surface area (TPSA) is 121 Å². The van der Waals surface area contributed by atoms with E-state index >= 15 is 0 Å². The monoisotopic (exact) mass is 495 g/mol. The third-order valence-electron chi connectivity index (χ3n) is 6.82. The fraction of sp³-hybridized carbons (Fsp3) is 0.440. The van der Waals surface area contributed by atoms with Crippen LogP contribution in [0.3, 0.4) is 0 Å². The summed E-state index contributed by atoms with van der Waals surface area (Å²) in [6.07, 6.45) is 2.57. The first-order valence-corrected chi connectivity index (χ1v) is 12.8. The van der Waals surface area contributed by atoms with Gasteiger partial charge < -0.3 is 25.2 Å². The largest absolute Gasteiger partial charge is 0.391 e. The van der Waals surface area contributed by atoms with Gasteiger partial charge in [0, 0.05) is 25.4 Å². The Labute approximate surface area is 207 Å². The lowest BCUT2D eigenvalue weighted by atomic mass is 9.92. The zero-order valence-electron chi connectivity index (χ0n) is 19.6. The van der Waals surface area contributed by atoms with Crippen molar-refractivity contribution in [2.75, 3.05) is 19.6 Å². The van der Waals surface area contributed by atoms with Crippen LogP contribution in [-0.4, -0.2) is 63.7 Å². The van der Waals surface area contributed by atoms with Gasteiger partial charge >= 0.3 is 0 Å². The minimum Gasteiger partial charge on any atom is -0.391 e. The molecule has 3 N–H and O–H groups in total. The number of piperidine rings is 1. The number of aryl methyl sites for hydroxylation is 1. The normalized spacial score (nSPS) is 20.8. The van der Waals surface area contributed by atoms with Crippen LogP contribution < -0.4 is 10.6 Å². The van der Waals surface area contributed by atoms with Gasteiger partial charge in [-0.15, -0.1) is 11.3 Å². The van der Waals surface area contributed by atoms with Gasteiger partial charge in [-0.05, 0) is 44.0 Å². The van der Waals surface area contributed by atoms with Crippen LogP contribution in [-0.2, 0) is 11.3 Å². The second-order valence-electron chi connectivity index (χ2n) is 9.18. The van der Waals surface area contributed by atoms with Crippen LogP contribution in [0.1, 0.15) is 52.5 Å². The third kappa shape index (κ3) is 5.00. The smallest absolute Gasteiger partial charge is 0.259 e. The third-order valence-corrected chi connectivity index (χ3v) is 7.80. The molecule has 35 heavy (non-hydrogen) atoms. The quantitative estimate of drug-likeness (QED) is 0.480. The average molecular weight is 496 g/mol. The van der Waals surface area contributed by atoms with E-state index in [-0.39, 0.29) is 30.7 Å². The number of β-amino-alcohol motifs (C(OH)–C–C–N with tert-alkyl or cyclic N) is 1. The molecule has 0 saturated carbocycles. The molecule has 0 radical (unpaired) electrons. The molecular weight excluding hydrogens is 466 g/mol. The number of nitrogens with one attached hydrogen (secondary N) is 2. The number of hydrogen-bond acceptors (Lipinski definition) is 8. The zero-order valence-corrected chi connectivity index (χ0v) is 20.4. The van der Waals surface area contributed by atoms with Crippen LogP contribution in [0.25, 0.3) is 10.4 Å². The number of carbonyl (C=O) groups excluding carboxylic acids is 2. The van der Waals surface area contributed by atoms with E-state index in [1.807, 2.05) is 36.7 Å². The van der Waals surface area contributed by atoms with E-state index in [9.17, 15) is 14.7 Å². The van der Waals surface area contributed by atoms with Crippen LogP contribution in [0.4, 0.5) is 0 Å². The molecule has 4 heterocycles. The number of aliphatic hydroxyl groups excluding tert-OH is 1. The van der Waals surface area contributed by atoms with Gasteiger partial charge in [0.05, 0.1) is 27.9 Å². The number of hydrogen-bond donors (Lipinski definition) is 3. The van der Waals surface area contributed by atoms with Gasteiger partial charge in [0.15, 0.2) is 0 Å². The molecule has 3 aromatic rings. The van der Waals surface area contributed by atoms with Crippen LogP contribution in [0.15, 0.2) is 40.6 Å². The highest BCUT2D eigenvalue weighted by molar-refractivity contribution is 7.13. The van der Waals surface area contributed by atoms with Gasteiger partial charge in [-0.1, -0.05) is 29.4 Å². The number of amides is 2. The molecule has 0 bridgehead atoms. The molecule has 1 aromatic carbocycles. The summed E-state index contributed by atoms with van der Waals surface area (Å²) in [5.41, 5.74) is 5.90. The minimum atomic E-state index is -0.751. The van der Waals surface area contributed by atoms with Crippen molar-refractivity contribution in [3.8, 4) is 10.4 Å². The lowest BCUT2D eigenvalue weighted by Crippen LogP contribution is -2.46. The van der Waals surface area contributed by atoms with Crippen LogP contribution in [0, 0.1) is 6.92 Å². The fourth-order valence-corrected chi connectivity index (χ4v) is 5.71. The Balaban J connectivity index is 1.24.